The van der Waals surface area contributed by atoms with E-state index in [2.05, 4.69) is 49.9 Å². The molecular formula is C17H31N. The van der Waals surface area contributed by atoms with E-state index >= 15 is 0 Å². The van der Waals surface area contributed by atoms with Gasteiger partial charge in [0.2, 0.25) is 0 Å². The van der Waals surface area contributed by atoms with Crippen molar-refractivity contribution in [2.45, 2.75) is 67.0 Å². The van der Waals surface area contributed by atoms with Crippen LogP contribution in [0.2, 0.25) is 0 Å². The quantitative estimate of drug-likeness (QED) is 0.632. The highest BCUT2D eigenvalue weighted by Crippen LogP contribution is 2.24. The predicted octanol–water partition coefficient (Wildman–Crippen LogP) is 4.90. The van der Waals surface area contributed by atoms with E-state index in [1.165, 1.54) is 24.1 Å². The lowest BCUT2D eigenvalue weighted by molar-refractivity contribution is 0.121. The van der Waals surface area contributed by atoms with E-state index in [0.717, 1.165) is 6.54 Å². The third kappa shape index (κ3) is 4.81. The second-order valence-corrected chi connectivity index (χ2v) is 5.11. The van der Waals surface area contributed by atoms with Gasteiger partial charge in [-0.25, -0.2) is 0 Å². The fourth-order valence-electron chi connectivity index (χ4n) is 2.07. The molecule has 2 rings (SSSR count). The van der Waals surface area contributed by atoms with Crippen LogP contribution >= 0.6 is 0 Å². The molecule has 0 saturated carbocycles. The van der Waals surface area contributed by atoms with Crippen LogP contribution in [0.25, 0.3) is 0 Å². The number of benzene rings is 1. The van der Waals surface area contributed by atoms with Gasteiger partial charge in [-0.05, 0) is 38.3 Å². The molecule has 1 aromatic rings. The monoisotopic (exact) mass is 249 g/mol. The van der Waals surface area contributed by atoms with E-state index in [4.69, 9.17) is 0 Å². The van der Waals surface area contributed by atoms with Gasteiger partial charge in [0.1, 0.15) is 0 Å². The van der Waals surface area contributed by atoms with Gasteiger partial charge < -0.3 is 0 Å². The molecule has 0 bridgehead atoms. The van der Waals surface area contributed by atoms with E-state index in [-0.39, 0.29) is 0 Å². The van der Waals surface area contributed by atoms with Crippen LogP contribution < -0.4 is 0 Å². The third-order valence-electron chi connectivity index (χ3n) is 3.08. The molecule has 0 fully saturated rings. The van der Waals surface area contributed by atoms with Crippen LogP contribution in [0, 0.1) is 0 Å². The molecule has 1 heteroatoms. The first-order valence-electron chi connectivity index (χ1n) is 7.39. The fraction of sp³-hybridized carbons (Fsp3) is 0.647. The lowest BCUT2D eigenvalue weighted by atomic mass is 9.95. The summed E-state index contributed by atoms with van der Waals surface area (Å²) in [6, 6.07) is 8.80. The molecule has 0 aromatic heterocycles. The largest absolute Gasteiger partial charge is 0.294 e. The first-order valence-corrected chi connectivity index (χ1v) is 7.39. The van der Waals surface area contributed by atoms with Crippen molar-refractivity contribution < 1.29 is 0 Å². The highest BCUT2D eigenvalue weighted by Gasteiger charge is 2.24. The second kappa shape index (κ2) is 8.31. The number of hydrogen-bond acceptors (Lipinski definition) is 1. The summed E-state index contributed by atoms with van der Waals surface area (Å²) >= 11 is 0. The Bertz CT molecular complexity index is 323. The van der Waals surface area contributed by atoms with Gasteiger partial charge in [0.05, 0.1) is 0 Å². The molecule has 18 heavy (non-hydrogen) atoms. The topological polar surface area (TPSA) is 3.24 Å². The molecule has 0 spiro atoms. The van der Waals surface area contributed by atoms with Crippen molar-refractivity contribution >= 4 is 0 Å². The first-order chi connectivity index (χ1) is 8.57. The molecule has 1 aromatic carbocycles. The van der Waals surface area contributed by atoms with Gasteiger partial charge in [0.15, 0.2) is 0 Å². The maximum absolute atomic E-state index is 2.55. The molecule has 0 radical (unpaired) electrons. The summed E-state index contributed by atoms with van der Waals surface area (Å²) < 4.78 is 0. The summed E-state index contributed by atoms with van der Waals surface area (Å²) in [6.45, 7) is 17.2. The first kappa shape index (κ1) is 17.2. The SMILES string of the molecule is CC.CC.CC(C)(C)N1CCc2ccccc2C1. The van der Waals surface area contributed by atoms with Gasteiger partial charge >= 0.3 is 0 Å². The van der Waals surface area contributed by atoms with E-state index in [9.17, 15) is 0 Å². The summed E-state index contributed by atoms with van der Waals surface area (Å²) in [5.74, 6) is 0. The van der Waals surface area contributed by atoms with Crippen LogP contribution in [0.1, 0.15) is 59.6 Å². The Kier molecular flexibility index (Phi) is 7.93. The van der Waals surface area contributed by atoms with Crippen LogP contribution in [0.5, 0.6) is 0 Å². The smallest absolute Gasteiger partial charge is 0.0241 e. The minimum Gasteiger partial charge on any atom is -0.294 e. The Morgan fingerprint density at radius 3 is 1.89 bits per heavy atom. The minimum atomic E-state index is 0.299. The van der Waals surface area contributed by atoms with Gasteiger partial charge in [-0.3, -0.25) is 4.90 Å². The molecule has 1 aliphatic heterocycles. The average Bonchev–Trinajstić information content (AvgIpc) is 2.42. The van der Waals surface area contributed by atoms with Gasteiger partial charge in [-0.2, -0.15) is 0 Å². The highest BCUT2D eigenvalue weighted by molar-refractivity contribution is 5.29. The third-order valence-corrected chi connectivity index (χ3v) is 3.08. The summed E-state index contributed by atoms with van der Waals surface area (Å²) in [4.78, 5) is 2.55. The minimum absolute atomic E-state index is 0.299. The van der Waals surface area contributed by atoms with Gasteiger partial charge in [0, 0.05) is 18.6 Å². The van der Waals surface area contributed by atoms with Crippen molar-refractivity contribution in [1.82, 2.24) is 4.90 Å². The lowest BCUT2D eigenvalue weighted by Gasteiger charge is -2.39. The van der Waals surface area contributed by atoms with E-state index in [1.807, 2.05) is 27.7 Å². The molecule has 1 aliphatic rings. The van der Waals surface area contributed by atoms with E-state index in [1.54, 1.807) is 0 Å². The van der Waals surface area contributed by atoms with Crippen LogP contribution in [0.4, 0.5) is 0 Å². The standard InChI is InChI=1S/C13H19N.2C2H6/c1-13(2,3)14-9-8-11-6-4-5-7-12(11)10-14;2*1-2/h4-7H,8-10H2,1-3H3;2*1-2H3. The molecule has 0 saturated heterocycles. The molecule has 0 unspecified atom stereocenters. The normalized spacial score (nSPS) is 14.6. The Hall–Kier alpha value is -0.820. The Morgan fingerprint density at radius 1 is 0.889 bits per heavy atom. The van der Waals surface area contributed by atoms with Crippen LogP contribution in [0.15, 0.2) is 24.3 Å². The predicted molar refractivity (Wildman–Crippen MR) is 83.0 cm³/mol. The lowest BCUT2D eigenvalue weighted by Crippen LogP contribution is -2.44. The number of fused-ring (bicyclic) bond motifs is 1. The van der Waals surface area contributed by atoms with Crippen molar-refractivity contribution in [3.63, 3.8) is 0 Å². The number of hydrogen-bond donors (Lipinski definition) is 0. The van der Waals surface area contributed by atoms with E-state index in [0.29, 0.717) is 5.54 Å². The molecule has 104 valence electrons. The van der Waals surface area contributed by atoms with Crippen molar-refractivity contribution in [3.8, 4) is 0 Å². The summed E-state index contributed by atoms with van der Waals surface area (Å²) in [5.41, 5.74) is 3.34. The molecule has 0 amide bonds. The van der Waals surface area contributed by atoms with Gasteiger partial charge in [0.25, 0.3) is 0 Å². The zero-order chi connectivity index (χ0) is 14.2. The summed E-state index contributed by atoms with van der Waals surface area (Å²) in [5, 5.41) is 0. The van der Waals surface area contributed by atoms with E-state index < -0.39 is 0 Å². The van der Waals surface area contributed by atoms with Crippen molar-refractivity contribution in [3.05, 3.63) is 35.4 Å². The van der Waals surface area contributed by atoms with Crippen molar-refractivity contribution in [2.75, 3.05) is 6.54 Å². The molecule has 0 aliphatic carbocycles. The van der Waals surface area contributed by atoms with Crippen LogP contribution in [-0.2, 0) is 13.0 Å². The molecule has 0 N–H and O–H groups in total. The van der Waals surface area contributed by atoms with Crippen molar-refractivity contribution in [2.24, 2.45) is 0 Å². The zero-order valence-corrected chi connectivity index (χ0v) is 13.4. The Morgan fingerprint density at radius 2 is 1.39 bits per heavy atom. The maximum atomic E-state index is 2.55. The molecule has 0 atom stereocenters. The number of rotatable bonds is 0. The zero-order valence-electron chi connectivity index (χ0n) is 13.4. The Labute approximate surface area is 114 Å². The highest BCUT2D eigenvalue weighted by atomic mass is 15.2. The molecule has 1 heterocycles. The number of nitrogens with zero attached hydrogens (tertiary/aromatic N) is 1. The van der Waals surface area contributed by atoms with Crippen LogP contribution in [0.3, 0.4) is 0 Å². The maximum Gasteiger partial charge on any atom is 0.0241 e. The van der Waals surface area contributed by atoms with Gasteiger partial charge in [-0.1, -0.05) is 52.0 Å². The van der Waals surface area contributed by atoms with Crippen molar-refractivity contribution in [1.29, 1.82) is 0 Å². The van der Waals surface area contributed by atoms with Crippen LogP contribution in [-0.4, -0.2) is 17.0 Å². The molecular weight excluding hydrogens is 218 g/mol. The summed E-state index contributed by atoms with van der Waals surface area (Å²) in [7, 11) is 0. The summed E-state index contributed by atoms with van der Waals surface area (Å²) in [6.07, 6.45) is 1.20. The fourth-order valence-corrected chi connectivity index (χ4v) is 2.07. The average molecular weight is 249 g/mol. The second-order valence-electron chi connectivity index (χ2n) is 5.11. The molecule has 1 nitrogen and oxygen atoms in total. The van der Waals surface area contributed by atoms with Gasteiger partial charge in [-0.15, -0.1) is 0 Å². The Balaban J connectivity index is 0.000000659.